The van der Waals surface area contributed by atoms with Crippen molar-refractivity contribution in [3.63, 3.8) is 0 Å². The number of aryl methyl sites for hydroxylation is 1. The van der Waals surface area contributed by atoms with Gasteiger partial charge in [0.05, 0.1) is 24.1 Å². The van der Waals surface area contributed by atoms with Crippen LogP contribution in [-0.2, 0) is 13.2 Å². The molecule has 0 saturated heterocycles. The van der Waals surface area contributed by atoms with E-state index in [0.29, 0.717) is 17.8 Å². The maximum atomic E-state index is 13.5. The summed E-state index contributed by atoms with van der Waals surface area (Å²) >= 11 is 5.84. The molecule has 2 aromatic heterocycles. The fraction of sp³-hybridized carbons (Fsp3) is 0.167. The highest BCUT2D eigenvalue weighted by atomic mass is 35.5. The van der Waals surface area contributed by atoms with E-state index in [1.165, 1.54) is 35.0 Å². The lowest BCUT2D eigenvalue weighted by Gasteiger charge is -2.16. The largest absolute Gasteiger partial charge is 0.496 e. The van der Waals surface area contributed by atoms with Crippen LogP contribution in [0.5, 0.6) is 11.5 Å². The van der Waals surface area contributed by atoms with Gasteiger partial charge in [0.15, 0.2) is 12.1 Å². The SMILES string of the molecule is COc1cc(C)ccc1Cn1c(COc2ccc(F)c(Cl)c2)nc2c(C=O)nccc2c1=O. The van der Waals surface area contributed by atoms with Gasteiger partial charge in [0, 0.05) is 17.8 Å². The van der Waals surface area contributed by atoms with Crippen molar-refractivity contribution >= 4 is 28.8 Å². The molecule has 7 nitrogen and oxygen atoms in total. The minimum absolute atomic E-state index is 0.0516. The summed E-state index contributed by atoms with van der Waals surface area (Å²) in [5, 5.41) is 0.167. The number of halogens is 2. The van der Waals surface area contributed by atoms with Gasteiger partial charge >= 0.3 is 0 Å². The summed E-state index contributed by atoms with van der Waals surface area (Å²) in [7, 11) is 1.56. The third kappa shape index (κ3) is 4.56. The van der Waals surface area contributed by atoms with Crippen LogP contribution in [-0.4, -0.2) is 27.9 Å². The molecule has 9 heteroatoms. The van der Waals surface area contributed by atoms with Crippen molar-refractivity contribution < 1.29 is 18.7 Å². The maximum Gasteiger partial charge on any atom is 0.261 e. The third-order valence-corrected chi connectivity index (χ3v) is 5.41. The van der Waals surface area contributed by atoms with Crippen molar-refractivity contribution in [2.75, 3.05) is 7.11 Å². The highest BCUT2D eigenvalue weighted by Crippen LogP contribution is 2.24. The number of carbonyl (C=O) groups excluding carboxylic acids is 1. The van der Waals surface area contributed by atoms with Crippen LogP contribution in [0, 0.1) is 12.7 Å². The second kappa shape index (κ2) is 9.38. The van der Waals surface area contributed by atoms with E-state index in [4.69, 9.17) is 21.1 Å². The molecule has 0 aliphatic heterocycles. The smallest absolute Gasteiger partial charge is 0.261 e. The van der Waals surface area contributed by atoms with E-state index in [-0.39, 0.29) is 46.2 Å². The minimum atomic E-state index is -0.571. The molecule has 0 radical (unpaired) electrons. The molecule has 0 spiro atoms. The molecule has 0 aliphatic rings. The number of carbonyl (C=O) groups is 1. The van der Waals surface area contributed by atoms with E-state index in [1.54, 1.807) is 7.11 Å². The topological polar surface area (TPSA) is 83.3 Å². The van der Waals surface area contributed by atoms with Gasteiger partial charge in [0.1, 0.15) is 35.1 Å². The van der Waals surface area contributed by atoms with Crippen LogP contribution in [0.4, 0.5) is 4.39 Å². The molecule has 33 heavy (non-hydrogen) atoms. The van der Waals surface area contributed by atoms with E-state index in [9.17, 15) is 14.0 Å². The highest BCUT2D eigenvalue weighted by molar-refractivity contribution is 6.30. The van der Waals surface area contributed by atoms with Crippen LogP contribution < -0.4 is 15.0 Å². The second-order valence-electron chi connectivity index (χ2n) is 7.31. The molecule has 0 saturated carbocycles. The van der Waals surface area contributed by atoms with Crippen LogP contribution in [0.15, 0.2) is 53.5 Å². The summed E-state index contributed by atoms with van der Waals surface area (Å²) in [6.45, 7) is 1.97. The standard InChI is InChI=1S/C24H19ClFN3O4/c1-14-3-4-15(21(9-14)32-2)11-29-22(13-33-16-5-6-19(26)18(25)10-16)28-23-17(24(29)31)7-8-27-20(23)12-30/h3-10,12H,11,13H2,1-2H3. The number of pyridine rings is 1. The number of rotatable bonds is 7. The Labute approximate surface area is 193 Å². The monoisotopic (exact) mass is 467 g/mol. The molecular formula is C24H19ClFN3O4. The zero-order valence-corrected chi connectivity index (χ0v) is 18.6. The molecule has 4 rings (SSSR count). The zero-order valence-electron chi connectivity index (χ0n) is 17.8. The van der Waals surface area contributed by atoms with Gasteiger partial charge in [-0.05, 0) is 36.8 Å². The summed E-state index contributed by atoms with van der Waals surface area (Å²) in [4.78, 5) is 33.4. The Morgan fingerprint density at radius 2 is 2.00 bits per heavy atom. The number of ether oxygens (including phenoxy) is 2. The predicted octanol–water partition coefficient (Wildman–Crippen LogP) is 4.34. The quantitative estimate of drug-likeness (QED) is 0.376. The van der Waals surface area contributed by atoms with Gasteiger partial charge < -0.3 is 9.47 Å². The van der Waals surface area contributed by atoms with Gasteiger partial charge in [-0.15, -0.1) is 0 Å². The Morgan fingerprint density at radius 3 is 2.73 bits per heavy atom. The number of fused-ring (bicyclic) bond motifs is 1. The first-order valence-electron chi connectivity index (χ1n) is 9.96. The molecule has 2 aromatic carbocycles. The molecule has 0 bridgehead atoms. The van der Waals surface area contributed by atoms with Crippen molar-refractivity contribution in [2.45, 2.75) is 20.1 Å². The van der Waals surface area contributed by atoms with Crippen LogP contribution in [0.2, 0.25) is 5.02 Å². The Hall–Kier alpha value is -3.78. The molecule has 0 amide bonds. The van der Waals surface area contributed by atoms with Crippen molar-refractivity contribution in [3.05, 3.63) is 92.5 Å². The van der Waals surface area contributed by atoms with Crippen LogP contribution in [0.3, 0.4) is 0 Å². The normalized spacial score (nSPS) is 10.9. The highest BCUT2D eigenvalue weighted by Gasteiger charge is 2.17. The van der Waals surface area contributed by atoms with Crippen LogP contribution >= 0.6 is 11.6 Å². The summed E-state index contributed by atoms with van der Waals surface area (Å²) in [6.07, 6.45) is 1.94. The number of aldehydes is 1. The molecule has 0 aliphatic carbocycles. The predicted molar refractivity (Wildman–Crippen MR) is 122 cm³/mol. The third-order valence-electron chi connectivity index (χ3n) is 5.12. The van der Waals surface area contributed by atoms with Gasteiger partial charge in [-0.1, -0.05) is 23.7 Å². The van der Waals surface area contributed by atoms with Crippen LogP contribution in [0.1, 0.15) is 27.4 Å². The number of nitrogens with zero attached hydrogens (tertiary/aromatic N) is 3. The van der Waals surface area contributed by atoms with E-state index in [2.05, 4.69) is 9.97 Å². The fourth-order valence-electron chi connectivity index (χ4n) is 3.44. The van der Waals surface area contributed by atoms with Gasteiger partial charge in [-0.2, -0.15) is 0 Å². The number of aromatic nitrogens is 3. The first-order chi connectivity index (χ1) is 15.9. The second-order valence-corrected chi connectivity index (χ2v) is 7.72. The van der Waals surface area contributed by atoms with E-state index in [0.717, 1.165) is 11.1 Å². The van der Waals surface area contributed by atoms with E-state index in [1.807, 2.05) is 25.1 Å². The zero-order chi connectivity index (χ0) is 23.5. The molecular weight excluding hydrogens is 449 g/mol. The molecule has 168 valence electrons. The molecule has 2 heterocycles. The van der Waals surface area contributed by atoms with Crippen molar-refractivity contribution in [1.29, 1.82) is 0 Å². The van der Waals surface area contributed by atoms with Gasteiger partial charge in [-0.3, -0.25) is 19.1 Å². The Kier molecular flexibility index (Phi) is 6.37. The summed E-state index contributed by atoms with van der Waals surface area (Å²) in [5.41, 5.74) is 1.65. The van der Waals surface area contributed by atoms with E-state index < -0.39 is 5.82 Å². The lowest BCUT2D eigenvalue weighted by molar-refractivity contribution is 0.112. The molecule has 0 unspecified atom stereocenters. The van der Waals surface area contributed by atoms with E-state index >= 15 is 0 Å². The van der Waals surface area contributed by atoms with Crippen molar-refractivity contribution in [3.8, 4) is 11.5 Å². The average Bonchev–Trinajstić information content (AvgIpc) is 2.82. The number of hydrogen-bond acceptors (Lipinski definition) is 6. The van der Waals surface area contributed by atoms with Gasteiger partial charge in [0.2, 0.25) is 0 Å². The lowest BCUT2D eigenvalue weighted by atomic mass is 10.1. The first-order valence-corrected chi connectivity index (χ1v) is 10.3. The summed E-state index contributed by atoms with van der Waals surface area (Å²) < 4.78 is 26.2. The van der Waals surface area contributed by atoms with Crippen molar-refractivity contribution in [1.82, 2.24) is 14.5 Å². The first kappa shape index (κ1) is 22.4. The number of benzene rings is 2. The number of hydrogen-bond donors (Lipinski definition) is 0. The summed E-state index contributed by atoms with van der Waals surface area (Å²) in [5.74, 6) is 0.615. The maximum absolute atomic E-state index is 13.5. The average molecular weight is 468 g/mol. The van der Waals surface area contributed by atoms with Crippen LogP contribution in [0.25, 0.3) is 10.9 Å². The molecule has 0 fully saturated rings. The molecule has 4 aromatic rings. The number of methoxy groups -OCH3 is 1. The minimum Gasteiger partial charge on any atom is -0.496 e. The van der Waals surface area contributed by atoms with Gasteiger partial charge in [0.25, 0.3) is 5.56 Å². The van der Waals surface area contributed by atoms with Gasteiger partial charge in [-0.25, -0.2) is 9.37 Å². The fourth-order valence-corrected chi connectivity index (χ4v) is 3.61. The Morgan fingerprint density at radius 1 is 1.18 bits per heavy atom. The molecule has 0 atom stereocenters. The molecule has 0 N–H and O–H groups in total. The Bertz CT molecular complexity index is 1420. The Balaban J connectivity index is 1.82. The summed E-state index contributed by atoms with van der Waals surface area (Å²) in [6, 6.07) is 11.1. The van der Waals surface area contributed by atoms with Crippen molar-refractivity contribution in [2.24, 2.45) is 0 Å². The lowest BCUT2D eigenvalue weighted by Crippen LogP contribution is -2.27.